The van der Waals surface area contributed by atoms with Crippen LogP contribution < -0.4 is 5.14 Å². The summed E-state index contributed by atoms with van der Waals surface area (Å²) in [7, 11) is -3.78. The first-order valence-corrected chi connectivity index (χ1v) is 9.35. The van der Waals surface area contributed by atoms with E-state index in [1.165, 1.54) is 5.38 Å². The lowest BCUT2D eigenvalue weighted by atomic mass is 9.76. The Bertz CT molecular complexity index is 636. The summed E-state index contributed by atoms with van der Waals surface area (Å²) in [6, 6.07) is 0. The topological polar surface area (TPSA) is 86.5 Å². The maximum atomic E-state index is 12.2. The highest BCUT2D eigenvalue weighted by Crippen LogP contribution is 2.36. The summed E-state index contributed by atoms with van der Waals surface area (Å²) in [5, 5.41) is 6.62. The zero-order valence-corrected chi connectivity index (χ0v) is 14.1. The Labute approximate surface area is 129 Å². The molecule has 118 valence electrons. The molecule has 2 rings (SSSR count). The fraction of sp³-hybridized carbons (Fsp3) is 0.643. The third kappa shape index (κ3) is 3.84. The van der Waals surface area contributed by atoms with Gasteiger partial charge in [0, 0.05) is 5.38 Å². The molecule has 7 heteroatoms. The summed E-state index contributed by atoms with van der Waals surface area (Å²) in [5.74, 6) is -0.455. The Kier molecular flexibility index (Phi) is 4.46. The number of hydrogen-bond acceptors (Lipinski definition) is 5. The van der Waals surface area contributed by atoms with Crippen LogP contribution in [0, 0.1) is 12.3 Å². The zero-order chi connectivity index (χ0) is 15.8. The van der Waals surface area contributed by atoms with Crippen molar-refractivity contribution >= 4 is 27.3 Å². The maximum Gasteiger partial charge on any atom is 0.339 e. The number of nitrogens with two attached hydrogens (primary N) is 1. The van der Waals surface area contributed by atoms with E-state index in [2.05, 4.69) is 13.8 Å². The largest absolute Gasteiger partial charge is 0.459 e. The summed E-state index contributed by atoms with van der Waals surface area (Å²) < 4.78 is 28.3. The molecular weight excluding hydrogens is 310 g/mol. The van der Waals surface area contributed by atoms with Crippen LogP contribution >= 0.6 is 11.3 Å². The second-order valence-corrected chi connectivity index (χ2v) is 9.01. The quantitative estimate of drug-likeness (QED) is 0.863. The predicted octanol–water partition coefficient (Wildman–Crippen LogP) is 2.83. The highest BCUT2D eigenvalue weighted by atomic mass is 32.2. The van der Waals surface area contributed by atoms with E-state index in [9.17, 15) is 13.2 Å². The van der Waals surface area contributed by atoms with Gasteiger partial charge in [0.15, 0.2) is 0 Å². The highest BCUT2D eigenvalue weighted by molar-refractivity contribution is 7.91. The summed E-state index contributed by atoms with van der Waals surface area (Å²) in [5.41, 5.74) is 0.986. The molecule has 0 radical (unpaired) electrons. The van der Waals surface area contributed by atoms with Crippen LogP contribution in [0.25, 0.3) is 0 Å². The molecule has 2 N–H and O–H groups in total. The van der Waals surface area contributed by atoms with Crippen LogP contribution in [0.4, 0.5) is 0 Å². The van der Waals surface area contributed by atoms with Crippen molar-refractivity contribution in [2.45, 2.75) is 56.8 Å². The number of hydrogen-bond donors (Lipinski definition) is 1. The van der Waals surface area contributed by atoms with Crippen LogP contribution in [0.3, 0.4) is 0 Å². The molecule has 0 atom stereocenters. The number of ether oxygens (including phenoxy) is 1. The van der Waals surface area contributed by atoms with E-state index in [0.717, 1.165) is 37.0 Å². The molecule has 0 bridgehead atoms. The first-order valence-electron chi connectivity index (χ1n) is 6.92. The van der Waals surface area contributed by atoms with Crippen LogP contribution in [-0.4, -0.2) is 20.5 Å². The number of thiophene rings is 1. The lowest BCUT2D eigenvalue weighted by Gasteiger charge is -2.33. The lowest BCUT2D eigenvalue weighted by Crippen LogP contribution is -2.28. The molecule has 1 aliphatic rings. The van der Waals surface area contributed by atoms with Gasteiger partial charge in [-0.05, 0) is 43.6 Å². The van der Waals surface area contributed by atoms with Crippen molar-refractivity contribution in [1.29, 1.82) is 0 Å². The van der Waals surface area contributed by atoms with Crippen molar-refractivity contribution in [3.8, 4) is 0 Å². The van der Waals surface area contributed by atoms with Crippen molar-refractivity contribution in [3.05, 3.63) is 16.5 Å². The molecule has 1 aromatic rings. The number of primary sulfonamides is 1. The number of carbonyl (C=O) groups excluding carboxylic acids is 1. The van der Waals surface area contributed by atoms with Crippen LogP contribution in [0.1, 0.15) is 55.5 Å². The molecule has 21 heavy (non-hydrogen) atoms. The molecule has 0 saturated heterocycles. The van der Waals surface area contributed by atoms with Crippen LogP contribution in [0.15, 0.2) is 9.59 Å². The monoisotopic (exact) mass is 331 g/mol. The summed E-state index contributed by atoms with van der Waals surface area (Å²) >= 11 is 0.959. The SMILES string of the molecule is Cc1c(C(=O)OC2CCC(C)(C)CC2)csc1S(N)(=O)=O. The zero-order valence-electron chi connectivity index (χ0n) is 12.5. The Hall–Kier alpha value is -0.920. The van der Waals surface area contributed by atoms with Crippen LogP contribution in [0.5, 0.6) is 0 Å². The average molecular weight is 331 g/mol. The highest BCUT2D eigenvalue weighted by Gasteiger charge is 2.30. The molecule has 1 aromatic heterocycles. The van der Waals surface area contributed by atoms with E-state index in [0.29, 0.717) is 16.5 Å². The fourth-order valence-electron chi connectivity index (χ4n) is 2.59. The second-order valence-electron chi connectivity index (χ2n) is 6.38. The minimum Gasteiger partial charge on any atom is -0.459 e. The summed E-state index contributed by atoms with van der Waals surface area (Å²) in [6.07, 6.45) is 3.67. The van der Waals surface area contributed by atoms with E-state index < -0.39 is 16.0 Å². The molecule has 5 nitrogen and oxygen atoms in total. The summed E-state index contributed by atoms with van der Waals surface area (Å²) in [4.78, 5) is 12.2. The predicted molar refractivity (Wildman–Crippen MR) is 81.9 cm³/mol. The van der Waals surface area contributed by atoms with Crippen molar-refractivity contribution in [3.63, 3.8) is 0 Å². The molecule has 1 heterocycles. The van der Waals surface area contributed by atoms with E-state index >= 15 is 0 Å². The van der Waals surface area contributed by atoms with Gasteiger partial charge in [-0.2, -0.15) is 0 Å². The van der Waals surface area contributed by atoms with Crippen molar-refractivity contribution in [2.24, 2.45) is 10.6 Å². The minimum absolute atomic E-state index is 0.0271. The molecular formula is C14H21NO4S2. The average Bonchev–Trinajstić information content (AvgIpc) is 2.73. The molecule has 0 aromatic carbocycles. The van der Waals surface area contributed by atoms with Crippen molar-refractivity contribution in [2.75, 3.05) is 0 Å². The van der Waals surface area contributed by atoms with Gasteiger partial charge in [0.1, 0.15) is 10.3 Å². The van der Waals surface area contributed by atoms with Gasteiger partial charge in [0.2, 0.25) is 10.0 Å². The maximum absolute atomic E-state index is 12.2. The van der Waals surface area contributed by atoms with Gasteiger partial charge in [0.05, 0.1) is 5.56 Å². The van der Waals surface area contributed by atoms with Gasteiger partial charge in [-0.25, -0.2) is 18.4 Å². The Morgan fingerprint density at radius 3 is 2.43 bits per heavy atom. The summed E-state index contributed by atoms with van der Waals surface area (Å²) in [6.45, 7) is 6.01. The smallest absolute Gasteiger partial charge is 0.339 e. The Morgan fingerprint density at radius 2 is 1.95 bits per heavy atom. The minimum atomic E-state index is -3.78. The molecule has 1 saturated carbocycles. The van der Waals surface area contributed by atoms with Gasteiger partial charge < -0.3 is 4.74 Å². The van der Waals surface area contributed by atoms with Crippen molar-refractivity contribution in [1.82, 2.24) is 0 Å². The van der Waals surface area contributed by atoms with Gasteiger partial charge in [-0.15, -0.1) is 11.3 Å². The normalized spacial score (nSPS) is 19.4. The van der Waals surface area contributed by atoms with Gasteiger partial charge in [-0.1, -0.05) is 13.8 Å². The van der Waals surface area contributed by atoms with Gasteiger partial charge in [-0.3, -0.25) is 0 Å². The molecule has 0 unspecified atom stereocenters. The molecule has 1 fully saturated rings. The second kappa shape index (κ2) is 5.70. The first kappa shape index (κ1) is 16.5. The number of carbonyl (C=O) groups is 1. The number of esters is 1. The fourth-order valence-corrected chi connectivity index (χ4v) is 4.59. The van der Waals surface area contributed by atoms with Gasteiger partial charge >= 0.3 is 5.97 Å². The number of rotatable bonds is 3. The molecule has 0 amide bonds. The third-order valence-electron chi connectivity index (χ3n) is 4.03. The van der Waals surface area contributed by atoms with E-state index in [-0.39, 0.29) is 10.3 Å². The molecule has 1 aliphatic carbocycles. The van der Waals surface area contributed by atoms with E-state index in [4.69, 9.17) is 9.88 Å². The standard InChI is InChI=1S/C14H21NO4S2/c1-9-11(8-20-13(9)21(15,17)18)12(16)19-10-4-6-14(2,3)7-5-10/h8,10H,4-7H2,1-3H3,(H2,15,17,18). The van der Waals surface area contributed by atoms with Crippen LogP contribution in [-0.2, 0) is 14.8 Å². The van der Waals surface area contributed by atoms with Crippen LogP contribution in [0.2, 0.25) is 0 Å². The Balaban J connectivity index is 2.07. The lowest BCUT2D eigenvalue weighted by molar-refractivity contribution is 0.00948. The third-order valence-corrected chi connectivity index (χ3v) is 6.71. The molecule has 0 aliphatic heterocycles. The number of sulfonamides is 1. The molecule has 0 spiro atoms. The van der Waals surface area contributed by atoms with E-state index in [1.54, 1.807) is 6.92 Å². The van der Waals surface area contributed by atoms with E-state index in [1.807, 2.05) is 0 Å². The first-order chi connectivity index (χ1) is 9.60. The Morgan fingerprint density at radius 1 is 1.38 bits per heavy atom. The van der Waals surface area contributed by atoms with Gasteiger partial charge in [0.25, 0.3) is 0 Å². The van der Waals surface area contributed by atoms with Crippen molar-refractivity contribution < 1.29 is 17.9 Å².